The van der Waals surface area contributed by atoms with E-state index in [2.05, 4.69) is 10.6 Å². The van der Waals surface area contributed by atoms with Crippen LogP contribution in [0, 0.1) is 5.82 Å². The number of amides is 2. The fraction of sp³-hybridized carbons (Fsp3) is 0.185. The molecule has 0 saturated heterocycles. The highest BCUT2D eigenvalue weighted by Gasteiger charge is 2.17. The summed E-state index contributed by atoms with van der Waals surface area (Å²) in [6.07, 6.45) is -0.139. The first kappa shape index (κ1) is 24.8. The summed E-state index contributed by atoms with van der Waals surface area (Å²) in [6, 6.07) is 17.3. The average molecular weight is 519 g/mol. The van der Waals surface area contributed by atoms with E-state index in [9.17, 15) is 23.6 Å². The number of benzene rings is 3. The number of rotatable bonds is 8. The number of halogens is 1. The topological polar surface area (TPSA) is 121 Å². The smallest absolute Gasteiger partial charge is 0.331 e. The van der Waals surface area contributed by atoms with Gasteiger partial charge in [-0.05, 0) is 42.0 Å². The maximum absolute atomic E-state index is 14.0. The molecule has 0 aliphatic carbocycles. The third kappa shape index (κ3) is 5.12. The molecule has 0 radical (unpaired) electrons. The van der Waals surface area contributed by atoms with Crippen LogP contribution in [0.1, 0.15) is 12.0 Å². The normalized spacial score (nSPS) is 11.9. The Hall–Kier alpha value is -4.93. The Bertz CT molecular complexity index is 1660. The van der Waals surface area contributed by atoms with E-state index in [-0.39, 0.29) is 48.8 Å². The third-order valence-corrected chi connectivity index (χ3v) is 6.07. The van der Waals surface area contributed by atoms with Crippen molar-refractivity contribution >= 4 is 28.4 Å². The molecule has 0 bridgehead atoms. The zero-order valence-corrected chi connectivity index (χ0v) is 20.1. The maximum Gasteiger partial charge on any atom is 0.331 e. The lowest BCUT2D eigenvalue weighted by Gasteiger charge is -2.14. The van der Waals surface area contributed by atoms with Crippen LogP contribution in [-0.4, -0.2) is 27.7 Å². The molecule has 0 spiro atoms. The summed E-state index contributed by atoms with van der Waals surface area (Å²) in [7, 11) is 0. The van der Waals surface area contributed by atoms with Gasteiger partial charge in [-0.2, -0.15) is 0 Å². The number of para-hydroxylation sites is 2. The van der Waals surface area contributed by atoms with E-state index in [0.717, 1.165) is 14.7 Å². The molecular formula is C27H23FN4O6. The Morgan fingerprint density at radius 1 is 0.895 bits per heavy atom. The number of aromatic nitrogens is 2. The lowest BCUT2D eigenvalue weighted by molar-refractivity contribution is -0.121. The van der Waals surface area contributed by atoms with E-state index in [1.807, 2.05) is 0 Å². The number of carbonyl (C=O) groups is 2. The second kappa shape index (κ2) is 10.6. The second-order valence-electron chi connectivity index (χ2n) is 8.59. The minimum Gasteiger partial charge on any atom is -0.454 e. The van der Waals surface area contributed by atoms with Crippen LogP contribution >= 0.6 is 0 Å². The van der Waals surface area contributed by atoms with Gasteiger partial charge in [-0.25, -0.2) is 9.18 Å². The van der Waals surface area contributed by atoms with Crippen molar-refractivity contribution in [1.82, 2.24) is 14.5 Å². The largest absolute Gasteiger partial charge is 0.454 e. The number of fused-ring (bicyclic) bond motifs is 2. The van der Waals surface area contributed by atoms with Crippen molar-refractivity contribution in [3.8, 4) is 11.5 Å². The standard InChI is InChI=1S/C27H23FN4O6/c28-19-6-2-3-7-20(19)30-25(34)15-32-21-8-4-1-5-18(21)26(35)31(27(32)36)12-11-24(33)29-14-17-9-10-22-23(13-17)38-16-37-22/h1-10,13H,11-12,14-16H2,(H,29,33)(H,30,34). The van der Waals surface area contributed by atoms with Gasteiger partial charge in [0.05, 0.1) is 16.6 Å². The van der Waals surface area contributed by atoms with Crippen LogP contribution < -0.4 is 31.4 Å². The number of nitrogens with one attached hydrogen (secondary N) is 2. The monoisotopic (exact) mass is 518 g/mol. The minimum absolute atomic E-state index is 0.0256. The predicted molar refractivity (Wildman–Crippen MR) is 137 cm³/mol. The molecule has 194 valence electrons. The molecule has 5 rings (SSSR count). The van der Waals surface area contributed by atoms with Crippen LogP contribution in [0.5, 0.6) is 11.5 Å². The third-order valence-electron chi connectivity index (χ3n) is 6.07. The highest BCUT2D eigenvalue weighted by atomic mass is 19.1. The zero-order chi connectivity index (χ0) is 26.6. The quantitative estimate of drug-likeness (QED) is 0.370. The first-order valence-corrected chi connectivity index (χ1v) is 11.8. The van der Waals surface area contributed by atoms with Gasteiger partial charge in [-0.3, -0.25) is 23.5 Å². The van der Waals surface area contributed by atoms with Crippen LogP contribution in [0.4, 0.5) is 10.1 Å². The summed E-state index contributed by atoms with van der Waals surface area (Å²) in [4.78, 5) is 51.5. The second-order valence-corrected chi connectivity index (χ2v) is 8.59. The maximum atomic E-state index is 14.0. The van der Waals surface area contributed by atoms with Gasteiger partial charge in [-0.1, -0.05) is 30.3 Å². The van der Waals surface area contributed by atoms with Crippen LogP contribution in [0.2, 0.25) is 0 Å². The molecule has 0 atom stereocenters. The molecule has 1 aliphatic heterocycles. The molecule has 38 heavy (non-hydrogen) atoms. The number of ether oxygens (including phenoxy) is 2. The number of anilines is 1. The fourth-order valence-corrected chi connectivity index (χ4v) is 4.17. The molecule has 2 N–H and O–H groups in total. The summed E-state index contributed by atoms with van der Waals surface area (Å²) >= 11 is 0. The van der Waals surface area contributed by atoms with Crippen molar-refractivity contribution in [2.24, 2.45) is 0 Å². The number of carbonyl (C=O) groups excluding carboxylic acids is 2. The zero-order valence-electron chi connectivity index (χ0n) is 20.1. The van der Waals surface area contributed by atoms with Crippen molar-refractivity contribution in [3.05, 3.63) is 98.9 Å². The first-order valence-electron chi connectivity index (χ1n) is 11.8. The van der Waals surface area contributed by atoms with Crippen molar-refractivity contribution in [3.63, 3.8) is 0 Å². The molecule has 0 fully saturated rings. The minimum atomic E-state index is -0.749. The molecule has 1 aromatic heterocycles. The van der Waals surface area contributed by atoms with Crippen LogP contribution in [0.15, 0.2) is 76.3 Å². The van der Waals surface area contributed by atoms with Gasteiger partial charge < -0.3 is 20.1 Å². The van der Waals surface area contributed by atoms with Crippen molar-refractivity contribution in [2.45, 2.75) is 26.1 Å². The summed E-state index contributed by atoms with van der Waals surface area (Å²) in [5.74, 6) is -0.400. The fourth-order valence-electron chi connectivity index (χ4n) is 4.17. The van der Waals surface area contributed by atoms with Crippen LogP contribution in [-0.2, 0) is 29.2 Å². The molecule has 10 nitrogen and oxygen atoms in total. The summed E-state index contributed by atoms with van der Waals surface area (Å²) in [5.41, 5.74) is -0.286. The Balaban J connectivity index is 1.32. The Morgan fingerprint density at radius 2 is 1.66 bits per heavy atom. The molecule has 1 aliphatic rings. The number of hydrogen-bond acceptors (Lipinski definition) is 6. The van der Waals surface area contributed by atoms with Crippen LogP contribution in [0.25, 0.3) is 10.9 Å². The molecule has 0 unspecified atom stereocenters. The highest BCUT2D eigenvalue weighted by Crippen LogP contribution is 2.32. The molecule has 11 heteroatoms. The molecule has 4 aromatic rings. The van der Waals surface area contributed by atoms with E-state index in [0.29, 0.717) is 11.5 Å². The van der Waals surface area contributed by atoms with E-state index >= 15 is 0 Å². The summed E-state index contributed by atoms with van der Waals surface area (Å²) in [5, 5.41) is 5.41. The molecule has 0 saturated carbocycles. The van der Waals surface area contributed by atoms with Crippen molar-refractivity contribution in [2.75, 3.05) is 12.1 Å². The van der Waals surface area contributed by atoms with Gasteiger partial charge in [0, 0.05) is 19.5 Å². The van der Waals surface area contributed by atoms with E-state index in [4.69, 9.17) is 9.47 Å². The van der Waals surface area contributed by atoms with Gasteiger partial charge in [0.15, 0.2) is 11.5 Å². The molecule has 2 heterocycles. The highest BCUT2D eigenvalue weighted by molar-refractivity contribution is 5.91. The van der Waals surface area contributed by atoms with Crippen molar-refractivity contribution < 1.29 is 23.5 Å². The number of nitrogens with zero attached hydrogens (tertiary/aromatic N) is 2. The van der Waals surface area contributed by atoms with E-state index < -0.39 is 29.5 Å². The lowest BCUT2D eigenvalue weighted by Crippen LogP contribution is -2.42. The molecule has 3 aromatic carbocycles. The Morgan fingerprint density at radius 3 is 2.50 bits per heavy atom. The SMILES string of the molecule is O=C(CCn1c(=O)c2ccccc2n(CC(=O)Nc2ccccc2F)c1=O)NCc1ccc2c(c1)OCO2. The predicted octanol–water partition coefficient (Wildman–Crippen LogP) is 2.38. The van der Waals surface area contributed by atoms with Gasteiger partial charge in [0.2, 0.25) is 18.6 Å². The first-order chi connectivity index (χ1) is 18.4. The summed E-state index contributed by atoms with van der Waals surface area (Å²) < 4.78 is 26.6. The Kier molecular flexibility index (Phi) is 6.90. The van der Waals surface area contributed by atoms with E-state index in [1.165, 1.54) is 18.2 Å². The van der Waals surface area contributed by atoms with Gasteiger partial charge >= 0.3 is 5.69 Å². The van der Waals surface area contributed by atoms with Gasteiger partial charge in [0.25, 0.3) is 5.56 Å². The average Bonchev–Trinajstić information content (AvgIpc) is 3.39. The lowest BCUT2D eigenvalue weighted by atomic mass is 10.2. The van der Waals surface area contributed by atoms with E-state index in [1.54, 1.807) is 48.5 Å². The van der Waals surface area contributed by atoms with Gasteiger partial charge in [-0.15, -0.1) is 0 Å². The Labute approximate surface area is 215 Å². The number of hydrogen-bond donors (Lipinski definition) is 2. The van der Waals surface area contributed by atoms with Crippen LogP contribution in [0.3, 0.4) is 0 Å². The molecular weight excluding hydrogens is 495 g/mol. The molecule has 2 amide bonds. The van der Waals surface area contributed by atoms with Crippen molar-refractivity contribution in [1.29, 1.82) is 0 Å². The summed E-state index contributed by atoms with van der Waals surface area (Å²) in [6.45, 7) is -0.273. The van der Waals surface area contributed by atoms with Gasteiger partial charge in [0.1, 0.15) is 12.4 Å².